The molecule has 8 rings (SSSR count). The maximum Gasteiger partial charge on any atom is 0.207 e. The fourth-order valence-electron chi connectivity index (χ4n) is 7.65. The van der Waals surface area contributed by atoms with Gasteiger partial charge in [0.2, 0.25) is 5.82 Å². The molecule has 4 saturated heterocycles. The number of piperazine rings is 1. The number of benzene rings is 2. The van der Waals surface area contributed by atoms with E-state index in [0.29, 0.717) is 28.8 Å². The van der Waals surface area contributed by atoms with Gasteiger partial charge in [-0.2, -0.15) is 0 Å². The molecule has 2 aromatic carbocycles. The molecule has 2 bridgehead atoms. The summed E-state index contributed by atoms with van der Waals surface area (Å²) in [5, 5.41) is 24.7. The molecule has 0 spiro atoms. The van der Waals surface area contributed by atoms with Gasteiger partial charge in [0.1, 0.15) is 17.0 Å². The van der Waals surface area contributed by atoms with Gasteiger partial charge in [0.25, 0.3) is 0 Å². The molecule has 2 atom stereocenters. The summed E-state index contributed by atoms with van der Waals surface area (Å²) < 4.78 is 16.7. The minimum absolute atomic E-state index is 0.0505. The molecule has 8 nitrogen and oxygen atoms in total. The van der Waals surface area contributed by atoms with Gasteiger partial charge in [0.05, 0.1) is 5.54 Å². The van der Waals surface area contributed by atoms with E-state index in [9.17, 15) is 5.11 Å². The Bertz CT molecular complexity index is 1770. The van der Waals surface area contributed by atoms with E-state index in [1.807, 2.05) is 18.2 Å². The first-order valence-corrected chi connectivity index (χ1v) is 14.8. The number of rotatable bonds is 3. The Morgan fingerprint density at radius 2 is 1.98 bits per heavy atom. The van der Waals surface area contributed by atoms with Crippen LogP contribution in [-0.2, 0) is 6.42 Å². The number of aryl methyl sites for hydroxylation is 1. The minimum atomic E-state index is -0.566. The summed E-state index contributed by atoms with van der Waals surface area (Å²) in [6.45, 7) is 5.86. The van der Waals surface area contributed by atoms with Gasteiger partial charge in [-0.05, 0) is 86.0 Å². The summed E-state index contributed by atoms with van der Waals surface area (Å²) in [6.07, 6.45) is 6.18. The molecule has 9 heteroatoms. The number of hydrogen-bond acceptors (Lipinski definition) is 8. The highest BCUT2D eigenvalue weighted by Crippen LogP contribution is 2.40. The van der Waals surface area contributed by atoms with Crippen LogP contribution in [0.4, 0.5) is 10.2 Å². The molecular weight excluding hydrogens is 517 g/mol. The standard InChI is InChI=1S/C32H32FN7O/c1-2-19-6-3-7-20-14-23(41)16-24(26(19)20)28-27(33)29-30(38-37-28)31(40-18-21-15-22(40)17-34-21)36-25(35-29)8-11-32-9-4-12-39(32)13-5-10-32/h3,6-7,14,16,21-22,34,41H,2,4-5,9-10,12-13,15,17-18H2,1H3/t21-,22-/m1/s1. The monoisotopic (exact) mass is 549 g/mol. The summed E-state index contributed by atoms with van der Waals surface area (Å²) in [6, 6.07) is 9.81. The highest BCUT2D eigenvalue weighted by molar-refractivity contribution is 6.01. The van der Waals surface area contributed by atoms with Gasteiger partial charge in [-0.1, -0.05) is 31.0 Å². The molecule has 0 amide bonds. The Balaban J connectivity index is 1.33. The predicted octanol–water partition coefficient (Wildman–Crippen LogP) is 4.18. The normalized spacial score (nSPS) is 22.9. The van der Waals surface area contributed by atoms with E-state index in [4.69, 9.17) is 4.98 Å². The molecule has 2 N–H and O–H groups in total. The third kappa shape index (κ3) is 3.88. The molecule has 208 valence electrons. The largest absolute Gasteiger partial charge is 0.508 e. The Kier molecular flexibility index (Phi) is 5.66. The van der Waals surface area contributed by atoms with Crippen molar-refractivity contribution in [1.82, 2.24) is 30.4 Å². The van der Waals surface area contributed by atoms with E-state index < -0.39 is 5.82 Å². The van der Waals surface area contributed by atoms with Crippen LogP contribution in [0.2, 0.25) is 0 Å². The van der Waals surface area contributed by atoms with Crippen LogP contribution in [-0.4, -0.2) is 74.0 Å². The van der Waals surface area contributed by atoms with Crippen LogP contribution >= 0.6 is 0 Å². The fraction of sp³-hybridized carbons (Fsp3) is 0.438. The second-order valence-electron chi connectivity index (χ2n) is 11.9. The molecule has 0 unspecified atom stereocenters. The van der Waals surface area contributed by atoms with Crippen LogP contribution < -0.4 is 10.2 Å². The Morgan fingerprint density at radius 1 is 1.12 bits per heavy atom. The third-order valence-corrected chi connectivity index (χ3v) is 9.59. The molecule has 0 aliphatic carbocycles. The minimum Gasteiger partial charge on any atom is -0.508 e. The summed E-state index contributed by atoms with van der Waals surface area (Å²) >= 11 is 0. The first-order valence-electron chi connectivity index (χ1n) is 14.8. The first-order chi connectivity index (χ1) is 20.0. The number of halogens is 1. The van der Waals surface area contributed by atoms with E-state index in [2.05, 4.69) is 49.1 Å². The number of anilines is 1. The molecule has 0 radical (unpaired) electrons. The summed E-state index contributed by atoms with van der Waals surface area (Å²) in [5.41, 5.74) is 1.98. The first kappa shape index (κ1) is 24.9. The average molecular weight is 550 g/mol. The second-order valence-corrected chi connectivity index (χ2v) is 11.9. The number of nitrogens with zero attached hydrogens (tertiary/aromatic N) is 6. The van der Waals surface area contributed by atoms with Gasteiger partial charge in [-0.25, -0.2) is 14.4 Å². The number of aromatic nitrogens is 4. The summed E-state index contributed by atoms with van der Waals surface area (Å²) in [5.74, 6) is 7.22. The molecule has 2 aromatic heterocycles. The van der Waals surface area contributed by atoms with Crippen molar-refractivity contribution in [3.05, 3.63) is 47.5 Å². The van der Waals surface area contributed by atoms with Gasteiger partial charge >= 0.3 is 0 Å². The van der Waals surface area contributed by atoms with Crippen LogP contribution in [0.1, 0.15) is 50.4 Å². The number of hydrogen-bond donors (Lipinski definition) is 2. The molecule has 4 fully saturated rings. The lowest BCUT2D eigenvalue weighted by molar-refractivity contribution is 0.261. The molecule has 6 heterocycles. The van der Waals surface area contributed by atoms with Crippen LogP contribution in [0.3, 0.4) is 0 Å². The van der Waals surface area contributed by atoms with E-state index >= 15 is 4.39 Å². The Morgan fingerprint density at radius 3 is 2.73 bits per heavy atom. The fourth-order valence-corrected chi connectivity index (χ4v) is 7.65. The lowest BCUT2D eigenvalue weighted by atomic mass is 9.95. The lowest BCUT2D eigenvalue weighted by Gasteiger charge is -2.29. The predicted molar refractivity (Wildman–Crippen MR) is 156 cm³/mol. The van der Waals surface area contributed by atoms with Crippen molar-refractivity contribution in [2.24, 2.45) is 0 Å². The Hall–Kier alpha value is -3.87. The maximum atomic E-state index is 16.7. The van der Waals surface area contributed by atoms with Crippen molar-refractivity contribution in [1.29, 1.82) is 0 Å². The average Bonchev–Trinajstić information content (AvgIpc) is 3.77. The van der Waals surface area contributed by atoms with Crippen LogP contribution in [0.5, 0.6) is 5.75 Å². The van der Waals surface area contributed by atoms with Crippen LogP contribution in [0.15, 0.2) is 30.3 Å². The number of fused-ring (bicyclic) bond motifs is 5. The molecule has 4 aliphatic heterocycles. The number of phenolic OH excluding ortho intramolecular Hbond substituents is 1. The van der Waals surface area contributed by atoms with Crippen molar-refractivity contribution in [3.8, 4) is 28.8 Å². The van der Waals surface area contributed by atoms with Gasteiger partial charge in [0, 0.05) is 30.7 Å². The molecular formula is C32H32FN7O. The maximum absolute atomic E-state index is 16.7. The quantitative estimate of drug-likeness (QED) is 0.368. The van der Waals surface area contributed by atoms with E-state index in [1.165, 1.54) is 0 Å². The van der Waals surface area contributed by atoms with Crippen molar-refractivity contribution in [2.45, 2.75) is 63.1 Å². The zero-order chi connectivity index (χ0) is 27.7. The highest BCUT2D eigenvalue weighted by atomic mass is 19.1. The molecule has 4 aromatic rings. The van der Waals surface area contributed by atoms with Gasteiger partial charge in [0.15, 0.2) is 17.2 Å². The van der Waals surface area contributed by atoms with Crippen molar-refractivity contribution in [3.63, 3.8) is 0 Å². The molecule has 41 heavy (non-hydrogen) atoms. The SMILES string of the molecule is CCc1cccc2cc(O)cc(-c3nnc4c(N5C[C@H]6C[C@@H]5CN6)nc(C#CC56CCCN5CCC6)nc4c3F)c12. The summed E-state index contributed by atoms with van der Waals surface area (Å²) in [7, 11) is 0. The lowest BCUT2D eigenvalue weighted by Crippen LogP contribution is -2.44. The zero-order valence-electron chi connectivity index (χ0n) is 23.1. The zero-order valence-corrected chi connectivity index (χ0v) is 23.1. The van der Waals surface area contributed by atoms with Gasteiger partial charge in [-0.3, -0.25) is 4.90 Å². The number of phenols is 1. The second kappa shape index (κ2) is 9.33. The highest BCUT2D eigenvalue weighted by Gasteiger charge is 2.43. The van der Waals surface area contributed by atoms with E-state index in [0.717, 1.165) is 81.0 Å². The summed E-state index contributed by atoms with van der Waals surface area (Å²) in [4.78, 5) is 14.3. The molecule has 0 saturated carbocycles. The van der Waals surface area contributed by atoms with Crippen molar-refractivity contribution >= 4 is 27.6 Å². The van der Waals surface area contributed by atoms with Crippen LogP contribution in [0.25, 0.3) is 33.1 Å². The van der Waals surface area contributed by atoms with E-state index in [1.54, 1.807) is 12.1 Å². The molecule has 4 aliphatic rings. The van der Waals surface area contributed by atoms with Gasteiger partial charge < -0.3 is 15.3 Å². The van der Waals surface area contributed by atoms with Gasteiger partial charge in [-0.15, -0.1) is 10.2 Å². The van der Waals surface area contributed by atoms with E-state index in [-0.39, 0.29) is 28.5 Å². The smallest absolute Gasteiger partial charge is 0.207 e. The number of aromatic hydroxyl groups is 1. The van der Waals surface area contributed by atoms with Crippen LogP contribution in [0, 0.1) is 17.7 Å². The number of nitrogens with one attached hydrogen (secondary N) is 1. The Labute approximate surface area is 238 Å². The topological polar surface area (TPSA) is 90.3 Å². The third-order valence-electron chi connectivity index (χ3n) is 9.59. The van der Waals surface area contributed by atoms with Crippen molar-refractivity contribution in [2.75, 3.05) is 31.1 Å². The van der Waals surface area contributed by atoms with Crippen molar-refractivity contribution < 1.29 is 9.50 Å².